The number of fused-ring (bicyclic) bond motifs is 4. The van der Waals surface area contributed by atoms with E-state index in [0.29, 0.717) is 6.42 Å². The summed E-state index contributed by atoms with van der Waals surface area (Å²) in [6.45, 7) is 0. The lowest BCUT2D eigenvalue weighted by Crippen LogP contribution is -2.27. The number of allylic oxidation sites excluding steroid dienone is 1. The van der Waals surface area contributed by atoms with Gasteiger partial charge in [-0.15, -0.1) is 0 Å². The fourth-order valence-corrected chi connectivity index (χ4v) is 4.25. The second-order valence-electron chi connectivity index (χ2n) is 7.05. The molecule has 0 unspecified atom stereocenters. The number of rotatable bonds is 1. The summed E-state index contributed by atoms with van der Waals surface area (Å²) in [4.78, 5) is 17.3. The number of phenols is 2. The topological polar surface area (TPSA) is 82.5 Å². The minimum atomic E-state index is -0.346. The number of hydrogen-bond donors (Lipinski definition) is 3. The maximum absolute atomic E-state index is 12.9. The van der Waals surface area contributed by atoms with Crippen LogP contribution in [0.2, 0.25) is 0 Å². The molecule has 0 spiro atoms. The zero-order valence-corrected chi connectivity index (χ0v) is 14.6. The van der Waals surface area contributed by atoms with Crippen molar-refractivity contribution in [1.82, 2.24) is 4.98 Å². The third-order valence-corrected chi connectivity index (χ3v) is 5.46. The molecule has 134 valence electrons. The number of nitrogens with zero attached hydrogens (tertiary/aromatic N) is 1. The van der Waals surface area contributed by atoms with E-state index in [1.54, 1.807) is 12.3 Å². The van der Waals surface area contributed by atoms with E-state index in [9.17, 15) is 15.0 Å². The van der Waals surface area contributed by atoms with Gasteiger partial charge in [0, 0.05) is 34.8 Å². The van der Waals surface area contributed by atoms with Crippen molar-refractivity contribution in [2.75, 3.05) is 5.32 Å². The van der Waals surface area contributed by atoms with Crippen LogP contribution < -0.4 is 5.32 Å². The van der Waals surface area contributed by atoms with Crippen molar-refractivity contribution < 1.29 is 15.0 Å². The molecule has 0 saturated heterocycles. The Morgan fingerprint density at radius 3 is 2.78 bits per heavy atom. The molecule has 1 atom stereocenters. The summed E-state index contributed by atoms with van der Waals surface area (Å²) in [6, 6.07) is 12.3. The number of nitrogens with one attached hydrogen (secondary N) is 1. The fourth-order valence-electron chi connectivity index (χ4n) is 4.25. The predicted molar refractivity (Wildman–Crippen MR) is 104 cm³/mol. The Bertz CT molecular complexity index is 1130. The maximum atomic E-state index is 12.9. The van der Waals surface area contributed by atoms with Gasteiger partial charge in [0.05, 0.1) is 11.6 Å². The number of aromatic hydroxyl groups is 2. The molecule has 3 aromatic rings. The van der Waals surface area contributed by atoms with Crippen molar-refractivity contribution in [3.05, 3.63) is 65.4 Å². The molecule has 27 heavy (non-hydrogen) atoms. The van der Waals surface area contributed by atoms with Gasteiger partial charge < -0.3 is 15.5 Å². The third kappa shape index (κ3) is 2.39. The normalized spacial score (nSPS) is 18.8. The van der Waals surface area contributed by atoms with Crippen LogP contribution >= 0.6 is 0 Å². The Balaban J connectivity index is 1.77. The van der Waals surface area contributed by atoms with Gasteiger partial charge in [0.25, 0.3) is 0 Å². The molecule has 2 heterocycles. The largest absolute Gasteiger partial charge is 0.504 e. The van der Waals surface area contributed by atoms with Crippen molar-refractivity contribution in [2.45, 2.75) is 25.3 Å². The highest BCUT2D eigenvalue weighted by Crippen LogP contribution is 2.48. The summed E-state index contributed by atoms with van der Waals surface area (Å²) < 4.78 is 0. The zero-order valence-electron chi connectivity index (χ0n) is 14.6. The average molecular weight is 358 g/mol. The van der Waals surface area contributed by atoms with E-state index in [0.717, 1.165) is 51.7 Å². The number of hydrogen-bond acceptors (Lipinski definition) is 5. The molecule has 0 saturated carbocycles. The molecule has 5 heteroatoms. The Morgan fingerprint density at radius 2 is 1.93 bits per heavy atom. The molecule has 1 aromatic heterocycles. The van der Waals surface area contributed by atoms with Gasteiger partial charge in [-0.25, -0.2) is 0 Å². The maximum Gasteiger partial charge on any atom is 0.161 e. The molecule has 2 aromatic carbocycles. The number of carbonyl (C=O) groups excluding carboxylic acids is 1. The van der Waals surface area contributed by atoms with Crippen LogP contribution in [-0.4, -0.2) is 21.0 Å². The molecule has 5 rings (SSSR count). The number of pyridine rings is 1. The molecule has 1 aliphatic heterocycles. The molecule has 0 bridgehead atoms. The second kappa shape index (κ2) is 5.84. The Hall–Kier alpha value is -3.34. The smallest absolute Gasteiger partial charge is 0.161 e. The summed E-state index contributed by atoms with van der Waals surface area (Å²) in [5, 5.41) is 24.1. The minimum Gasteiger partial charge on any atom is -0.504 e. The van der Waals surface area contributed by atoms with Gasteiger partial charge in [0.15, 0.2) is 17.3 Å². The number of phenolic OH excluding ortho intramolecular Hbond substituents is 2. The van der Waals surface area contributed by atoms with Gasteiger partial charge in [-0.3, -0.25) is 9.78 Å². The van der Waals surface area contributed by atoms with Crippen molar-refractivity contribution in [2.24, 2.45) is 0 Å². The molecular weight excluding hydrogens is 340 g/mol. The number of benzene rings is 2. The summed E-state index contributed by atoms with van der Waals surface area (Å²) in [5.41, 5.74) is 5.50. The van der Waals surface area contributed by atoms with Gasteiger partial charge >= 0.3 is 0 Å². The lowest BCUT2D eigenvalue weighted by atomic mass is 9.77. The molecule has 3 N–H and O–H groups in total. The summed E-state index contributed by atoms with van der Waals surface area (Å²) in [6.07, 6.45) is 3.97. The molecule has 5 nitrogen and oxygen atoms in total. The highest BCUT2D eigenvalue weighted by Gasteiger charge is 2.35. The van der Waals surface area contributed by atoms with Crippen LogP contribution in [-0.2, 0) is 4.79 Å². The molecule has 1 aliphatic carbocycles. The SMILES string of the molecule is O=C1CCCC2=C1[C@H](c1ccc(O)c(O)c1)Nc1ccc3ncccc3c12. The summed E-state index contributed by atoms with van der Waals surface area (Å²) in [7, 11) is 0. The standard InChI is InChI=1S/C22H18N2O3/c25-17-9-6-12(11-19(17)27)22-21-14(3-1-5-18(21)26)20-13-4-2-10-23-15(13)7-8-16(20)24-22/h2,4,6-11,22,24-25,27H,1,3,5H2/t22-/m0/s1. The first-order chi connectivity index (χ1) is 13.1. The second-order valence-corrected chi connectivity index (χ2v) is 7.05. The minimum absolute atomic E-state index is 0.132. The monoisotopic (exact) mass is 358 g/mol. The van der Waals surface area contributed by atoms with Crippen molar-refractivity contribution in [1.29, 1.82) is 0 Å². The predicted octanol–water partition coefficient (Wildman–Crippen LogP) is 4.32. The van der Waals surface area contributed by atoms with Crippen LogP contribution in [0.15, 0.2) is 54.2 Å². The first-order valence-corrected chi connectivity index (χ1v) is 9.06. The van der Waals surface area contributed by atoms with Crippen molar-refractivity contribution >= 4 is 27.9 Å². The fraction of sp³-hybridized carbons (Fsp3) is 0.182. The van der Waals surface area contributed by atoms with E-state index in [1.165, 1.54) is 12.1 Å². The van der Waals surface area contributed by atoms with Crippen LogP contribution in [0.25, 0.3) is 16.5 Å². The molecule has 2 aliphatic rings. The third-order valence-electron chi connectivity index (χ3n) is 5.46. The van der Waals surface area contributed by atoms with E-state index in [1.807, 2.05) is 24.3 Å². The first kappa shape index (κ1) is 15.9. The highest BCUT2D eigenvalue weighted by atomic mass is 16.3. The van der Waals surface area contributed by atoms with E-state index >= 15 is 0 Å². The molecular formula is C22H18N2O3. The van der Waals surface area contributed by atoms with Gasteiger partial charge in [-0.1, -0.05) is 12.1 Å². The van der Waals surface area contributed by atoms with Gasteiger partial charge in [0.2, 0.25) is 0 Å². The molecule has 0 radical (unpaired) electrons. The Kier molecular flexibility index (Phi) is 3.44. The molecule has 0 fully saturated rings. The van der Waals surface area contributed by atoms with Crippen LogP contribution in [0.4, 0.5) is 5.69 Å². The van der Waals surface area contributed by atoms with Crippen molar-refractivity contribution in [3.63, 3.8) is 0 Å². The van der Waals surface area contributed by atoms with E-state index < -0.39 is 0 Å². The summed E-state index contributed by atoms with van der Waals surface area (Å²) >= 11 is 0. The number of ketones is 1. The van der Waals surface area contributed by atoms with Crippen molar-refractivity contribution in [3.8, 4) is 11.5 Å². The van der Waals surface area contributed by atoms with Crippen LogP contribution in [0.1, 0.15) is 36.4 Å². The van der Waals surface area contributed by atoms with E-state index in [2.05, 4.69) is 10.3 Å². The number of Topliss-reactive ketones (excluding diaryl/α,β-unsaturated/α-hetero) is 1. The zero-order chi connectivity index (χ0) is 18.5. The lowest BCUT2D eigenvalue weighted by molar-refractivity contribution is -0.116. The number of aromatic nitrogens is 1. The van der Waals surface area contributed by atoms with Gasteiger partial charge in [-0.2, -0.15) is 0 Å². The van der Waals surface area contributed by atoms with Crippen LogP contribution in [0.3, 0.4) is 0 Å². The van der Waals surface area contributed by atoms with Crippen LogP contribution in [0.5, 0.6) is 11.5 Å². The van der Waals surface area contributed by atoms with Gasteiger partial charge in [-0.05, 0) is 54.3 Å². The Labute approximate surface area is 156 Å². The number of carbonyl (C=O) groups is 1. The Morgan fingerprint density at radius 1 is 1.04 bits per heavy atom. The van der Waals surface area contributed by atoms with E-state index in [4.69, 9.17) is 0 Å². The summed E-state index contributed by atoms with van der Waals surface area (Å²) in [5.74, 6) is -0.225. The first-order valence-electron chi connectivity index (χ1n) is 9.06. The molecule has 0 amide bonds. The van der Waals surface area contributed by atoms with E-state index in [-0.39, 0.29) is 23.3 Å². The number of anilines is 1. The lowest BCUT2D eigenvalue weighted by Gasteiger charge is -2.35. The highest BCUT2D eigenvalue weighted by molar-refractivity contribution is 6.12. The van der Waals surface area contributed by atoms with Gasteiger partial charge in [0.1, 0.15) is 0 Å². The van der Waals surface area contributed by atoms with Crippen LogP contribution in [0, 0.1) is 0 Å². The quantitative estimate of drug-likeness (QED) is 0.564. The average Bonchev–Trinajstić information content (AvgIpc) is 2.69.